The molecule has 0 amide bonds. The third kappa shape index (κ3) is 3.72. The smallest absolute Gasteiger partial charge is 0.218 e. The summed E-state index contributed by atoms with van der Waals surface area (Å²) in [4.78, 5) is 8.34. The van der Waals surface area contributed by atoms with Crippen LogP contribution in [0.25, 0.3) is 0 Å². The molecule has 1 aliphatic rings. The monoisotopic (exact) mass is 283 g/mol. The number of halogens is 1. The number of aromatic nitrogens is 2. The lowest BCUT2D eigenvalue weighted by Crippen LogP contribution is -2.43. The summed E-state index contributed by atoms with van der Waals surface area (Å²) >= 11 is 6.20. The minimum Gasteiger partial charge on any atom is -0.478 e. The third-order valence-electron chi connectivity index (χ3n) is 3.81. The quantitative estimate of drug-likeness (QED) is 0.841. The summed E-state index contributed by atoms with van der Waals surface area (Å²) in [6.07, 6.45) is 6.13. The molecule has 1 N–H and O–H groups in total. The van der Waals surface area contributed by atoms with Crippen molar-refractivity contribution in [2.24, 2.45) is 5.92 Å². The van der Waals surface area contributed by atoms with Gasteiger partial charge in [-0.25, -0.2) is 9.97 Å². The molecule has 1 fully saturated rings. The first kappa shape index (κ1) is 14.4. The van der Waals surface area contributed by atoms with Crippen LogP contribution in [0.15, 0.2) is 12.4 Å². The first-order chi connectivity index (χ1) is 9.17. The van der Waals surface area contributed by atoms with Gasteiger partial charge >= 0.3 is 0 Å². The van der Waals surface area contributed by atoms with Crippen LogP contribution in [0.1, 0.15) is 39.5 Å². The molecule has 1 aliphatic carbocycles. The van der Waals surface area contributed by atoms with Gasteiger partial charge in [0.2, 0.25) is 5.88 Å². The highest BCUT2D eigenvalue weighted by molar-refractivity contribution is 6.18. The molecule has 1 saturated carbocycles. The summed E-state index contributed by atoms with van der Waals surface area (Å²) in [6, 6.07) is 1.84. The van der Waals surface area contributed by atoms with Crippen LogP contribution >= 0.6 is 11.6 Å². The molecule has 0 saturated heterocycles. The lowest BCUT2D eigenvalue weighted by molar-refractivity contribution is 0.286. The van der Waals surface area contributed by atoms with E-state index in [1.165, 1.54) is 19.2 Å². The van der Waals surface area contributed by atoms with Crippen LogP contribution in [0.2, 0.25) is 0 Å². The molecule has 2 rings (SSSR count). The Morgan fingerprint density at radius 1 is 1.42 bits per heavy atom. The molecule has 19 heavy (non-hydrogen) atoms. The van der Waals surface area contributed by atoms with E-state index in [1.807, 2.05) is 13.0 Å². The molecule has 0 radical (unpaired) electrons. The molecule has 1 aromatic rings. The molecule has 0 aromatic carbocycles. The van der Waals surface area contributed by atoms with Crippen molar-refractivity contribution in [1.29, 1.82) is 0 Å². The molecule has 0 aliphatic heterocycles. The maximum atomic E-state index is 6.20. The third-order valence-corrected chi connectivity index (χ3v) is 4.33. The minimum absolute atomic E-state index is 0.0358. The fraction of sp³-hybridized carbons (Fsp3) is 0.714. The fourth-order valence-electron chi connectivity index (χ4n) is 2.51. The number of anilines is 1. The highest BCUT2D eigenvalue weighted by Crippen LogP contribution is 2.35. The Bertz CT molecular complexity index is 405. The van der Waals surface area contributed by atoms with Gasteiger partial charge in [-0.2, -0.15) is 0 Å². The number of rotatable bonds is 5. The lowest BCUT2D eigenvalue weighted by Gasteiger charge is -2.39. The zero-order valence-electron chi connectivity index (χ0n) is 11.7. The molecule has 1 aromatic heterocycles. The second kappa shape index (κ2) is 6.42. The zero-order chi connectivity index (χ0) is 13.7. The Morgan fingerprint density at radius 2 is 2.16 bits per heavy atom. The van der Waals surface area contributed by atoms with Crippen LogP contribution in [-0.4, -0.2) is 28.0 Å². The first-order valence-electron chi connectivity index (χ1n) is 6.96. The molecule has 0 bridgehead atoms. The highest BCUT2D eigenvalue weighted by atomic mass is 35.5. The van der Waals surface area contributed by atoms with Gasteiger partial charge in [0, 0.05) is 11.9 Å². The normalized spacial score (nSPS) is 27.0. The molecular weight excluding hydrogens is 262 g/mol. The highest BCUT2D eigenvalue weighted by Gasteiger charge is 2.33. The first-order valence-corrected chi connectivity index (χ1v) is 7.50. The van der Waals surface area contributed by atoms with E-state index in [0.29, 0.717) is 18.4 Å². The minimum atomic E-state index is -0.0358. The SMILES string of the molecule is CCOc1cc(NC2(CCl)CCC(C)CC2)ncn1. The summed E-state index contributed by atoms with van der Waals surface area (Å²) in [5, 5.41) is 3.50. The van der Waals surface area contributed by atoms with E-state index in [9.17, 15) is 0 Å². The second-order valence-corrected chi connectivity index (χ2v) is 5.66. The van der Waals surface area contributed by atoms with Crippen molar-refractivity contribution < 1.29 is 4.74 Å². The van der Waals surface area contributed by atoms with Gasteiger partial charge in [-0.1, -0.05) is 6.92 Å². The molecule has 0 unspecified atom stereocenters. The van der Waals surface area contributed by atoms with Crippen LogP contribution in [0, 0.1) is 5.92 Å². The Kier molecular flexibility index (Phi) is 4.86. The van der Waals surface area contributed by atoms with Crippen LogP contribution in [0.3, 0.4) is 0 Å². The maximum absolute atomic E-state index is 6.20. The van der Waals surface area contributed by atoms with Gasteiger partial charge in [-0.05, 0) is 38.5 Å². The Balaban J connectivity index is 2.07. The number of hydrogen-bond acceptors (Lipinski definition) is 4. The van der Waals surface area contributed by atoms with Crippen molar-refractivity contribution in [1.82, 2.24) is 9.97 Å². The van der Waals surface area contributed by atoms with Gasteiger partial charge < -0.3 is 10.1 Å². The number of alkyl halides is 1. The van der Waals surface area contributed by atoms with Gasteiger partial charge in [0.15, 0.2) is 0 Å². The molecule has 106 valence electrons. The molecule has 5 heteroatoms. The van der Waals surface area contributed by atoms with Crippen LogP contribution < -0.4 is 10.1 Å². The van der Waals surface area contributed by atoms with Gasteiger partial charge in [0.1, 0.15) is 12.1 Å². The van der Waals surface area contributed by atoms with Crippen molar-refractivity contribution in [3.63, 3.8) is 0 Å². The van der Waals surface area contributed by atoms with Gasteiger partial charge in [0.05, 0.1) is 12.1 Å². The maximum Gasteiger partial charge on any atom is 0.218 e. The fourth-order valence-corrected chi connectivity index (χ4v) is 2.85. The average molecular weight is 284 g/mol. The molecule has 0 atom stereocenters. The predicted molar refractivity (Wildman–Crippen MR) is 77.9 cm³/mol. The number of nitrogens with zero attached hydrogens (tertiary/aromatic N) is 2. The topological polar surface area (TPSA) is 47.0 Å². The second-order valence-electron chi connectivity index (χ2n) is 5.40. The van der Waals surface area contributed by atoms with E-state index in [-0.39, 0.29) is 5.54 Å². The van der Waals surface area contributed by atoms with E-state index in [2.05, 4.69) is 22.2 Å². The summed E-state index contributed by atoms with van der Waals surface area (Å²) < 4.78 is 5.40. The summed E-state index contributed by atoms with van der Waals surface area (Å²) in [6.45, 7) is 4.85. The van der Waals surface area contributed by atoms with Crippen molar-refractivity contribution >= 4 is 17.4 Å². The number of nitrogens with one attached hydrogen (secondary N) is 1. The number of hydrogen-bond donors (Lipinski definition) is 1. The Labute approximate surface area is 119 Å². The van der Waals surface area contributed by atoms with E-state index in [4.69, 9.17) is 16.3 Å². The molecule has 0 spiro atoms. The predicted octanol–water partition coefficient (Wildman–Crippen LogP) is 3.47. The largest absolute Gasteiger partial charge is 0.478 e. The summed E-state index contributed by atoms with van der Waals surface area (Å²) in [5.41, 5.74) is -0.0358. The summed E-state index contributed by atoms with van der Waals surface area (Å²) in [7, 11) is 0. The molecule has 4 nitrogen and oxygen atoms in total. The lowest BCUT2D eigenvalue weighted by atomic mass is 9.78. The molecule has 1 heterocycles. The number of ether oxygens (including phenoxy) is 1. The van der Waals surface area contributed by atoms with E-state index in [1.54, 1.807) is 0 Å². The zero-order valence-corrected chi connectivity index (χ0v) is 12.4. The van der Waals surface area contributed by atoms with Crippen LogP contribution in [0.4, 0.5) is 5.82 Å². The standard InChI is InChI=1S/C14H22ClN3O/c1-3-19-13-8-12(16-10-17-13)18-14(9-15)6-4-11(2)5-7-14/h8,10-11H,3-7,9H2,1-2H3,(H,16,17,18). The van der Waals surface area contributed by atoms with Crippen molar-refractivity contribution in [3.05, 3.63) is 12.4 Å². The van der Waals surface area contributed by atoms with Crippen molar-refractivity contribution in [3.8, 4) is 5.88 Å². The van der Waals surface area contributed by atoms with E-state index < -0.39 is 0 Å². The van der Waals surface area contributed by atoms with Gasteiger partial charge in [-0.15, -0.1) is 11.6 Å². The van der Waals surface area contributed by atoms with Crippen molar-refractivity contribution in [2.75, 3.05) is 17.8 Å². The average Bonchev–Trinajstić information content (AvgIpc) is 2.43. The van der Waals surface area contributed by atoms with Crippen LogP contribution in [0.5, 0.6) is 5.88 Å². The van der Waals surface area contributed by atoms with Crippen molar-refractivity contribution in [2.45, 2.75) is 45.1 Å². The van der Waals surface area contributed by atoms with Gasteiger partial charge in [-0.3, -0.25) is 0 Å². The van der Waals surface area contributed by atoms with Crippen LogP contribution in [-0.2, 0) is 0 Å². The Morgan fingerprint density at radius 3 is 2.79 bits per heavy atom. The van der Waals surface area contributed by atoms with E-state index >= 15 is 0 Å². The molecular formula is C14H22ClN3O. The summed E-state index contributed by atoms with van der Waals surface area (Å²) in [5.74, 6) is 2.80. The van der Waals surface area contributed by atoms with E-state index in [0.717, 1.165) is 24.6 Å². The van der Waals surface area contributed by atoms with Gasteiger partial charge in [0.25, 0.3) is 0 Å². The Hall–Kier alpha value is -1.03.